The molecule has 6 heteroatoms. The van der Waals surface area contributed by atoms with Gasteiger partial charge in [0.25, 0.3) is 0 Å². The summed E-state index contributed by atoms with van der Waals surface area (Å²) in [6.07, 6.45) is 5.30. The molecule has 0 bridgehead atoms. The third-order valence-electron chi connectivity index (χ3n) is 2.64. The zero-order valence-corrected chi connectivity index (χ0v) is 11.7. The van der Waals surface area contributed by atoms with Crippen molar-refractivity contribution >= 4 is 23.1 Å². The van der Waals surface area contributed by atoms with Gasteiger partial charge in [-0.2, -0.15) is 5.10 Å². The number of thiocarbonyl (C=S) groups is 1. The largest absolute Gasteiger partial charge is 0.393 e. The van der Waals surface area contributed by atoms with E-state index in [9.17, 15) is 4.79 Å². The van der Waals surface area contributed by atoms with Crippen LogP contribution in [0.3, 0.4) is 0 Å². The molecule has 1 aromatic rings. The second-order valence-electron chi connectivity index (χ2n) is 4.32. The Morgan fingerprint density at radius 1 is 1.67 bits per heavy atom. The van der Waals surface area contributed by atoms with Gasteiger partial charge in [0.2, 0.25) is 5.91 Å². The summed E-state index contributed by atoms with van der Waals surface area (Å²) < 4.78 is 1.80. The van der Waals surface area contributed by atoms with Crippen molar-refractivity contribution in [2.45, 2.75) is 33.2 Å². The van der Waals surface area contributed by atoms with Crippen molar-refractivity contribution in [1.82, 2.24) is 15.1 Å². The van der Waals surface area contributed by atoms with Gasteiger partial charge in [-0.3, -0.25) is 9.48 Å². The Hall–Kier alpha value is -1.43. The first-order chi connectivity index (χ1) is 8.54. The molecule has 0 radical (unpaired) electrons. The first-order valence-electron chi connectivity index (χ1n) is 6.10. The number of rotatable bonds is 7. The van der Waals surface area contributed by atoms with E-state index in [1.54, 1.807) is 10.9 Å². The number of nitrogens with zero attached hydrogens (tertiary/aromatic N) is 2. The Labute approximate surface area is 113 Å². The van der Waals surface area contributed by atoms with Gasteiger partial charge in [-0.1, -0.05) is 25.6 Å². The van der Waals surface area contributed by atoms with E-state index in [1.165, 1.54) is 0 Å². The molecule has 3 N–H and O–H groups in total. The standard InChI is InChI=1S/C12H20N4OS/c1-3-4-10(11(13)18)12(17)14-5-6-16-8-9(2)7-15-16/h7-8,10H,3-6H2,1-2H3,(H2,13,18)(H,14,17). The lowest BCUT2D eigenvalue weighted by Crippen LogP contribution is -2.39. The van der Waals surface area contributed by atoms with Crippen molar-refractivity contribution in [3.63, 3.8) is 0 Å². The van der Waals surface area contributed by atoms with Crippen LogP contribution in [0.15, 0.2) is 12.4 Å². The van der Waals surface area contributed by atoms with Gasteiger partial charge in [-0.15, -0.1) is 0 Å². The minimum atomic E-state index is -0.357. The zero-order valence-electron chi connectivity index (χ0n) is 10.8. The molecule has 1 rings (SSSR count). The summed E-state index contributed by atoms with van der Waals surface area (Å²) >= 11 is 4.91. The SMILES string of the molecule is CCCC(C(=O)NCCn1cc(C)cn1)C(N)=S. The van der Waals surface area contributed by atoms with E-state index in [4.69, 9.17) is 18.0 Å². The maximum atomic E-state index is 11.9. The summed E-state index contributed by atoms with van der Waals surface area (Å²) in [5.74, 6) is -0.447. The van der Waals surface area contributed by atoms with Crippen LogP contribution in [0.1, 0.15) is 25.3 Å². The number of carbonyl (C=O) groups is 1. The Balaban J connectivity index is 2.37. The van der Waals surface area contributed by atoms with Crippen molar-refractivity contribution in [2.24, 2.45) is 11.7 Å². The van der Waals surface area contributed by atoms with Crippen LogP contribution in [-0.4, -0.2) is 27.2 Å². The maximum absolute atomic E-state index is 11.9. The average molecular weight is 268 g/mol. The van der Waals surface area contributed by atoms with E-state index in [-0.39, 0.29) is 16.8 Å². The van der Waals surface area contributed by atoms with E-state index in [1.807, 2.05) is 20.0 Å². The highest BCUT2D eigenvalue weighted by Gasteiger charge is 2.19. The minimum Gasteiger partial charge on any atom is -0.393 e. The lowest BCUT2D eigenvalue weighted by Gasteiger charge is -2.14. The quantitative estimate of drug-likeness (QED) is 0.724. The number of amides is 1. The lowest BCUT2D eigenvalue weighted by atomic mass is 10.0. The molecule has 0 aliphatic carbocycles. The van der Waals surface area contributed by atoms with Crippen molar-refractivity contribution < 1.29 is 4.79 Å². The Morgan fingerprint density at radius 2 is 2.39 bits per heavy atom. The van der Waals surface area contributed by atoms with Crippen molar-refractivity contribution in [1.29, 1.82) is 0 Å². The van der Waals surface area contributed by atoms with Crippen LogP contribution in [-0.2, 0) is 11.3 Å². The topological polar surface area (TPSA) is 72.9 Å². The molecule has 0 aliphatic heterocycles. The number of nitrogens with one attached hydrogen (secondary N) is 1. The molecule has 1 aromatic heterocycles. The molecular weight excluding hydrogens is 248 g/mol. The van der Waals surface area contributed by atoms with Gasteiger partial charge >= 0.3 is 0 Å². The highest BCUT2D eigenvalue weighted by atomic mass is 32.1. The minimum absolute atomic E-state index is 0.0896. The number of hydrogen-bond acceptors (Lipinski definition) is 3. The number of carbonyl (C=O) groups excluding carboxylic acids is 1. The van der Waals surface area contributed by atoms with Crippen molar-refractivity contribution in [3.05, 3.63) is 18.0 Å². The fourth-order valence-electron chi connectivity index (χ4n) is 1.70. The summed E-state index contributed by atoms with van der Waals surface area (Å²) in [4.78, 5) is 12.1. The van der Waals surface area contributed by atoms with Crippen LogP contribution < -0.4 is 11.1 Å². The number of aromatic nitrogens is 2. The molecule has 0 aliphatic rings. The third kappa shape index (κ3) is 4.44. The molecule has 0 fully saturated rings. The second kappa shape index (κ2) is 7.10. The molecule has 5 nitrogen and oxygen atoms in total. The molecular formula is C12H20N4OS. The molecule has 1 unspecified atom stereocenters. The van der Waals surface area contributed by atoms with Gasteiger partial charge < -0.3 is 11.1 Å². The van der Waals surface area contributed by atoms with Crippen LogP contribution in [0.5, 0.6) is 0 Å². The summed E-state index contributed by atoms with van der Waals surface area (Å²) in [6.45, 7) is 5.16. The first-order valence-corrected chi connectivity index (χ1v) is 6.51. The zero-order chi connectivity index (χ0) is 13.5. The van der Waals surface area contributed by atoms with E-state index in [0.29, 0.717) is 19.5 Å². The molecule has 18 heavy (non-hydrogen) atoms. The van der Waals surface area contributed by atoms with Gasteiger partial charge in [0, 0.05) is 12.7 Å². The number of hydrogen-bond donors (Lipinski definition) is 2. The summed E-state index contributed by atoms with van der Waals surface area (Å²) in [6, 6.07) is 0. The molecule has 0 saturated heterocycles. The fourth-order valence-corrected chi connectivity index (χ4v) is 1.92. The Kier molecular flexibility index (Phi) is 5.77. The van der Waals surface area contributed by atoms with Crippen molar-refractivity contribution in [3.8, 4) is 0 Å². The van der Waals surface area contributed by atoms with Crippen LogP contribution in [0, 0.1) is 12.8 Å². The lowest BCUT2D eigenvalue weighted by molar-refractivity contribution is -0.123. The van der Waals surface area contributed by atoms with Gasteiger partial charge in [-0.25, -0.2) is 0 Å². The smallest absolute Gasteiger partial charge is 0.229 e. The first kappa shape index (κ1) is 14.6. The third-order valence-corrected chi connectivity index (χ3v) is 2.92. The fraction of sp³-hybridized carbons (Fsp3) is 0.583. The molecule has 1 amide bonds. The van der Waals surface area contributed by atoms with E-state index in [0.717, 1.165) is 12.0 Å². The predicted octanol–water partition coefficient (Wildman–Crippen LogP) is 1.01. The monoisotopic (exact) mass is 268 g/mol. The molecule has 1 atom stereocenters. The number of aryl methyl sites for hydroxylation is 1. The van der Waals surface area contributed by atoms with Gasteiger partial charge in [0.1, 0.15) is 0 Å². The predicted molar refractivity (Wildman–Crippen MR) is 75.2 cm³/mol. The van der Waals surface area contributed by atoms with Crippen LogP contribution in [0.4, 0.5) is 0 Å². The van der Waals surface area contributed by atoms with Gasteiger partial charge in [-0.05, 0) is 18.9 Å². The summed E-state index contributed by atoms with van der Waals surface area (Å²) in [7, 11) is 0. The molecule has 0 spiro atoms. The average Bonchev–Trinajstić information content (AvgIpc) is 2.71. The van der Waals surface area contributed by atoms with Crippen LogP contribution >= 0.6 is 12.2 Å². The number of nitrogens with two attached hydrogens (primary N) is 1. The summed E-state index contributed by atoms with van der Waals surface area (Å²) in [5, 5.41) is 6.98. The molecule has 100 valence electrons. The van der Waals surface area contributed by atoms with E-state index in [2.05, 4.69) is 10.4 Å². The Morgan fingerprint density at radius 3 is 2.89 bits per heavy atom. The normalized spacial score (nSPS) is 12.1. The molecule has 0 saturated carbocycles. The summed E-state index contributed by atoms with van der Waals surface area (Å²) in [5.41, 5.74) is 6.67. The highest BCUT2D eigenvalue weighted by Crippen LogP contribution is 2.06. The van der Waals surface area contributed by atoms with Gasteiger partial charge in [0.15, 0.2) is 0 Å². The van der Waals surface area contributed by atoms with Crippen molar-refractivity contribution in [2.75, 3.05) is 6.54 Å². The Bertz CT molecular complexity index is 416. The van der Waals surface area contributed by atoms with Gasteiger partial charge in [0.05, 0.1) is 23.6 Å². The van der Waals surface area contributed by atoms with Crippen LogP contribution in [0.25, 0.3) is 0 Å². The second-order valence-corrected chi connectivity index (χ2v) is 4.79. The molecule has 1 heterocycles. The maximum Gasteiger partial charge on any atom is 0.229 e. The molecule has 0 aromatic carbocycles. The highest BCUT2D eigenvalue weighted by molar-refractivity contribution is 7.80. The van der Waals surface area contributed by atoms with E-state index >= 15 is 0 Å². The van der Waals surface area contributed by atoms with E-state index < -0.39 is 0 Å². The van der Waals surface area contributed by atoms with Crippen LogP contribution in [0.2, 0.25) is 0 Å².